The Labute approximate surface area is 181 Å². The summed E-state index contributed by atoms with van der Waals surface area (Å²) in [5, 5.41) is 0.651. The second-order valence-electron chi connectivity index (χ2n) is 7.12. The Bertz CT molecular complexity index is 1120. The maximum Gasteiger partial charge on any atom is 0.164 e. The number of carbonyl (C=O) groups excluding carboxylic acids is 1. The van der Waals surface area contributed by atoms with E-state index in [1.165, 1.54) is 24.8 Å². The maximum absolute atomic E-state index is 14.2. The molecule has 0 unspecified atom stereocenters. The van der Waals surface area contributed by atoms with Crippen molar-refractivity contribution >= 4 is 54.2 Å². The number of halogens is 2. The minimum absolute atomic E-state index is 0.0112. The molecule has 2 aromatic carbocycles. The van der Waals surface area contributed by atoms with E-state index >= 15 is 0 Å². The van der Waals surface area contributed by atoms with Gasteiger partial charge in [-0.15, -0.1) is 0 Å². The number of rotatable bonds is 4. The lowest BCUT2D eigenvalue weighted by Gasteiger charge is -2.27. The third kappa shape index (κ3) is 4.27. The van der Waals surface area contributed by atoms with Crippen LogP contribution in [0.5, 0.6) is 0 Å². The van der Waals surface area contributed by atoms with Gasteiger partial charge in [-0.05, 0) is 36.8 Å². The van der Waals surface area contributed by atoms with Crippen molar-refractivity contribution in [2.24, 2.45) is 4.99 Å². The molecule has 9 heteroatoms. The molecule has 0 spiro atoms. The first-order valence-electron chi connectivity index (χ1n) is 8.99. The predicted octanol–water partition coefficient (Wildman–Crippen LogP) is 4.07. The van der Waals surface area contributed by atoms with Gasteiger partial charge in [0.25, 0.3) is 0 Å². The van der Waals surface area contributed by atoms with E-state index in [1.54, 1.807) is 30.3 Å². The summed E-state index contributed by atoms with van der Waals surface area (Å²) in [6, 6.07) is 11.4. The molecule has 0 radical (unpaired) electrons. The molecule has 0 N–H and O–H groups in total. The molecule has 0 aromatic heterocycles. The first-order chi connectivity index (χ1) is 13.7. The second kappa shape index (κ2) is 7.85. The summed E-state index contributed by atoms with van der Waals surface area (Å²) >= 11 is 4.62. The molecule has 0 bridgehead atoms. The molecule has 1 saturated heterocycles. The number of hydrogen-bond donors (Lipinski definition) is 0. The second-order valence-corrected chi connectivity index (χ2v) is 11.1. The Morgan fingerprint density at radius 1 is 1.28 bits per heavy atom. The van der Waals surface area contributed by atoms with Crippen LogP contribution in [-0.4, -0.2) is 43.0 Å². The zero-order valence-corrected chi connectivity index (χ0v) is 18.7. The van der Waals surface area contributed by atoms with E-state index < -0.39 is 9.84 Å². The van der Waals surface area contributed by atoms with Crippen molar-refractivity contribution < 1.29 is 17.6 Å². The monoisotopic (exact) mass is 496 g/mol. The van der Waals surface area contributed by atoms with Crippen LogP contribution in [0.4, 0.5) is 10.1 Å². The van der Waals surface area contributed by atoms with Crippen molar-refractivity contribution in [2.75, 3.05) is 16.4 Å². The van der Waals surface area contributed by atoms with Crippen LogP contribution in [0, 0.1) is 5.82 Å². The summed E-state index contributed by atoms with van der Waals surface area (Å²) < 4.78 is 39.2. The van der Waals surface area contributed by atoms with Crippen LogP contribution in [0.3, 0.4) is 0 Å². The summed E-state index contributed by atoms with van der Waals surface area (Å²) in [6.45, 7) is 1.49. The highest BCUT2D eigenvalue weighted by atomic mass is 79.9. The highest BCUT2D eigenvalue weighted by Crippen LogP contribution is 2.36. The number of ketones is 1. The molecule has 1 fully saturated rings. The smallest absolute Gasteiger partial charge is 0.164 e. The standard InChI is InChI=1S/C20H18BrFN2O3S2/c1-12(25)13-3-2-4-16(7-13)24-19-11-29(26,27)10-18(19)23-20(24)28-9-14-5-6-15(21)8-17(14)22/h2-8,18-19H,9-11H2,1H3/t18-,19-/m0/s1. The average molecular weight is 497 g/mol. The SMILES string of the molecule is CC(=O)c1cccc(N2C(SCc3ccc(Br)cc3F)=N[C@H]3CS(=O)(=O)C[C@@H]32)c1. The fourth-order valence-corrected chi connectivity index (χ4v) is 6.88. The molecule has 29 heavy (non-hydrogen) atoms. The molecule has 2 atom stereocenters. The van der Waals surface area contributed by atoms with E-state index in [0.29, 0.717) is 26.5 Å². The summed E-state index contributed by atoms with van der Waals surface area (Å²) in [6.07, 6.45) is 0. The Morgan fingerprint density at radius 2 is 2.07 bits per heavy atom. The topological polar surface area (TPSA) is 66.8 Å². The van der Waals surface area contributed by atoms with Crippen molar-refractivity contribution in [3.63, 3.8) is 0 Å². The number of aliphatic imine (C=N–C) groups is 1. The molecular formula is C20H18BrFN2O3S2. The number of carbonyl (C=O) groups is 1. The number of amidine groups is 1. The quantitative estimate of drug-likeness (QED) is 0.596. The number of thioether (sulfide) groups is 1. The molecule has 5 nitrogen and oxygen atoms in total. The van der Waals surface area contributed by atoms with E-state index in [1.807, 2.05) is 11.0 Å². The zero-order chi connectivity index (χ0) is 20.8. The van der Waals surface area contributed by atoms with Crippen LogP contribution >= 0.6 is 27.7 Å². The summed E-state index contributed by atoms with van der Waals surface area (Å²) in [5.41, 5.74) is 1.82. The molecule has 2 aliphatic rings. The van der Waals surface area contributed by atoms with Gasteiger partial charge in [-0.2, -0.15) is 0 Å². The highest BCUT2D eigenvalue weighted by molar-refractivity contribution is 9.10. The van der Waals surface area contributed by atoms with E-state index in [2.05, 4.69) is 20.9 Å². The Kier molecular flexibility index (Phi) is 5.56. The molecule has 2 aromatic rings. The van der Waals surface area contributed by atoms with Gasteiger partial charge in [-0.1, -0.05) is 45.9 Å². The van der Waals surface area contributed by atoms with Crippen LogP contribution in [0.25, 0.3) is 0 Å². The molecular weight excluding hydrogens is 479 g/mol. The van der Waals surface area contributed by atoms with Gasteiger partial charge in [-0.3, -0.25) is 9.79 Å². The molecule has 2 heterocycles. The van der Waals surface area contributed by atoms with Gasteiger partial charge in [-0.25, -0.2) is 12.8 Å². The Morgan fingerprint density at radius 3 is 2.79 bits per heavy atom. The van der Waals surface area contributed by atoms with Gasteiger partial charge in [0.05, 0.1) is 23.6 Å². The lowest BCUT2D eigenvalue weighted by atomic mass is 10.1. The number of fused-ring (bicyclic) bond motifs is 1. The van der Waals surface area contributed by atoms with Gasteiger partial charge in [0.2, 0.25) is 0 Å². The number of Topliss-reactive ketones (excluding diaryl/α,β-unsaturated/α-hetero) is 1. The summed E-state index contributed by atoms with van der Waals surface area (Å²) in [4.78, 5) is 18.3. The third-order valence-electron chi connectivity index (χ3n) is 5.01. The normalized spacial score (nSPS) is 22.4. The van der Waals surface area contributed by atoms with E-state index in [0.717, 1.165) is 5.69 Å². The number of hydrogen-bond acceptors (Lipinski definition) is 6. The fraction of sp³-hybridized carbons (Fsp3) is 0.300. The van der Waals surface area contributed by atoms with Crippen molar-refractivity contribution in [1.29, 1.82) is 0 Å². The van der Waals surface area contributed by atoms with E-state index in [-0.39, 0.29) is 35.2 Å². The van der Waals surface area contributed by atoms with Crippen LogP contribution in [0.1, 0.15) is 22.8 Å². The minimum Gasteiger partial charge on any atom is -0.315 e. The van der Waals surface area contributed by atoms with Crippen molar-refractivity contribution in [3.8, 4) is 0 Å². The van der Waals surface area contributed by atoms with Gasteiger partial charge < -0.3 is 4.90 Å². The average Bonchev–Trinajstić information content (AvgIpc) is 3.12. The molecule has 4 rings (SSSR count). The van der Waals surface area contributed by atoms with Gasteiger partial charge in [0.15, 0.2) is 20.8 Å². The van der Waals surface area contributed by atoms with Crippen LogP contribution in [-0.2, 0) is 15.6 Å². The van der Waals surface area contributed by atoms with Crippen LogP contribution < -0.4 is 4.90 Å². The zero-order valence-electron chi connectivity index (χ0n) is 15.5. The molecule has 0 amide bonds. The molecule has 0 aliphatic carbocycles. The van der Waals surface area contributed by atoms with Gasteiger partial charge in [0.1, 0.15) is 5.82 Å². The number of anilines is 1. The first kappa shape index (κ1) is 20.6. The lowest BCUT2D eigenvalue weighted by molar-refractivity contribution is 0.101. The van der Waals surface area contributed by atoms with Gasteiger partial charge >= 0.3 is 0 Å². The predicted molar refractivity (Wildman–Crippen MR) is 118 cm³/mol. The fourth-order valence-electron chi connectivity index (χ4n) is 3.59. The van der Waals surface area contributed by atoms with E-state index in [4.69, 9.17) is 0 Å². The molecule has 152 valence electrons. The number of sulfone groups is 1. The Hall–Kier alpha value is -1.71. The van der Waals surface area contributed by atoms with E-state index in [9.17, 15) is 17.6 Å². The van der Waals surface area contributed by atoms with Crippen LogP contribution in [0.2, 0.25) is 0 Å². The van der Waals surface area contributed by atoms with Crippen molar-refractivity contribution in [3.05, 3.63) is 63.9 Å². The highest BCUT2D eigenvalue weighted by Gasteiger charge is 2.47. The number of benzene rings is 2. The molecule has 0 saturated carbocycles. The largest absolute Gasteiger partial charge is 0.315 e. The third-order valence-corrected chi connectivity index (χ3v) is 8.22. The van der Waals surface area contributed by atoms with Gasteiger partial charge in [0, 0.05) is 21.5 Å². The first-order valence-corrected chi connectivity index (χ1v) is 12.6. The summed E-state index contributed by atoms with van der Waals surface area (Å²) in [5.74, 6) is 0.0232. The number of nitrogens with zero attached hydrogens (tertiary/aromatic N) is 2. The maximum atomic E-state index is 14.2. The molecule has 2 aliphatic heterocycles. The lowest BCUT2D eigenvalue weighted by Crippen LogP contribution is -2.39. The van der Waals surface area contributed by atoms with Crippen LogP contribution in [0.15, 0.2) is 51.9 Å². The minimum atomic E-state index is -3.17. The summed E-state index contributed by atoms with van der Waals surface area (Å²) in [7, 11) is -3.17. The van der Waals surface area contributed by atoms with Crippen molar-refractivity contribution in [2.45, 2.75) is 24.8 Å². The Balaban J connectivity index is 1.65. The van der Waals surface area contributed by atoms with Crippen molar-refractivity contribution in [1.82, 2.24) is 0 Å².